The summed E-state index contributed by atoms with van der Waals surface area (Å²) in [7, 11) is 1.24. The second-order valence-corrected chi connectivity index (χ2v) is 7.59. The highest BCUT2D eigenvalue weighted by molar-refractivity contribution is 6.02. The summed E-state index contributed by atoms with van der Waals surface area (Å²) in [4.78, 5) is 23.7. The number of nitrogens with one attached hydrogen (secondary N) is 1. The third-order valence-corrected chi connectivity index (χ3v) is 5.13. The van der Waals surface area contributed by atoms with Gasteiger partial charge in [-0.05, 0) is 29.3 Å². The molecule has 34 heavy (non-hydrogen) atoms. The van der Waals surface area contributed by atoms with E-state index in [4.69, 9.17) is 5.11 Å². The Hall–Kier alpha value is -3.76. The Kier molecular flexibility index (Phi) is 7.33. The number of hydrogen-bond acceptors (Lipinski definition) is 4. The SMILES string of the molecule is CN1N=C(Cc2cccc(C(F)(F)F)c2)CC(C(=O)NCc2ccc(C(=O)O)cc2)=C1C(F)F. The average Bonchev–Trinajstić information content (AvgIpc) is 2.76. The Labute approximate surface area is 191 Å². The number of hydrogen-bond donors (Lipinski definition) is 2. The van der Waals surface area contributed by atoms with Crippen LogP contribution in [0.15, 0.2) is 64.9 Å². The number of alkyl halides is 5. The normalized spacial score (nSPS) is 14.3. The molecule has 0 fully saturated rings. The van der Waals surface area contributed by atoms with E-state index in [9.17, 15) is 31.5 Å². The number of aromatic carboxylic acids is 1. The van der Waals surface area contributed by atoms with Crippen LogP contribution in [0.4, 0.5) is 22.0 Å². The highest BCUT2D eigenvalue weighted by atomic mass is 19.4. The Bertz CT molecular complexity index is 1140. The summed E-state index contributed by atoms with van der Waals surface area (Å²) in [5.74, 6) is -1.89. The van der Waals surface area contributed by atoms with Gasteiger partial charge in [-0.25, -0.2) is 13.6 Å². The highest BCUT2D eigenvalue weighted by Gasteiger charge is 2.32. The molecule has 11 heteroatoms. The van der Waals surface area contributed by atoms with E-state index in [-0.39, 0.29) is 41.8 Å². The van der Waals surface area contributed by atoms with Crippen molar-refractivity contribution in [3.8, 4) is 0 Å². The highest BCUT2D eigenvalue weighted by Crippen LogP contribution is 2.31. The van der Waals surface area contributed by atoms with Gasteiger partial charge in [0.25, 0.3) is 6.43 Å². The third kappa shape index (κ3) is 5.97. The van der Waals surface area contributed by atoms with Gasteiger partial charge in [-0.2, -0.15) is 18.3 Å². The van der Waals surface area contributed by atoms with Crippen LogP contribution < -0.4 is 5.32 Å². The molecule has 0 bridgehead atoms. The van der Waals surface area contributed by atoms with Crippen molar-refractivity contribution in [3.05, 3.63) is 82.1 Å². The van der Waals surface area contributed by atoms with E-state index >= 15 is 0 Å². The van der Waals surface area contributed by atoms with Gasteiger partial charge in [-0.3, -0.25) is 9.80 Å². The van der Waals surface area contributed by atoms with Gasteiger partial charge in [0.1, 0.15) is 5.70 Å². The largest absolute Gasteiger partial charge is 0.478 e. The fraction of sp³-hybridized carbons (Fsp3) is 0.261. The van der Waals surface area contributed by atoms with Crippen molar-refractivity contribution >= 4 is 17.6 Å². The van der Waals surface area contributed by atoms with Gasteiger partial charge in [-0.1, -0.05) is 30.3 Å². The molecular formula is C23H20F5N3O3. The molecule has 1 heterocycles. The Morgan fingerprint density at radius 1 is 1.12 bits per heavy atom. The van der Waals surface area contributed by atoms with E-state index in [0.29, 0.717) is 5.56 Å². The first-order valence-electron chi connectivity index (χ1n) is 10.0. The predicted molar refractivity (Wildman–Crippen MR) is 113 cm³/mol. The van der Waals surface area contributed by atoms with Crippen LogP contribution in [-0.4, -0.2) is 41.2 Å². The minimum atomic E-state index is -4.53. The number of carbonyl (C=O) groups excluding carboxylic acids is 1. The van der Waals surface area contributed by atoms with Crippen molar-refractivity contribution < 1.29 is 36.6 Å². The molecule has 0 unspecified atom stereocenters. The number of rotatable bonds is 7. The van der Waals surface area contributed by atoms with Crippen molar-refractivity contribution in [2.75, 3.05) is 7.05 Å². The maximum atomic E-state index is 13.7. The molecule has 3 rings (SSSR count). The maximum Gasteiger partial charge on any atom is 0.416 e. The summed E-state index contributed by atoms with van der Waals surface area (Å²) >= 11 is 0. The second-order valence-electron chi connectivity index (χ2n) is 7.59. The lowest BCUT2D eigenvalue weighted by Crippen LogP contribution is -2.34. The lowest BCUT2D eigenvalue weighted by molar-refractivity contribution is -0.137. The summed E-state index contributed by atoms with van der Waals surface area (Å²) in [6.45, 7) is -0.0391. The monoisotopic (exact) mass is 481 g/mol. The zero-order valence-electron chi connectivity index (χ0n) is 17.9. The number of halogens is 5. The Morgan fingerprint density at radius 3 is 2.38 bits per heavy atom. The molecule has 1 amide bonds. The number of benzene rings is 2. The van der Waals surface area contributed by atoms with E-state index in [1.165, 1.54) is 43.4 Å². The molecule has 0 atom stereocenters. The summed E-state index contributed by atoms with van der Waals surface area (Å²) < 4.78 is 66.3. The fourth-order valence-corrected chi connectivity index (χ4v) is 3.51. The predicted octanol–water partition coefficient (Wildman–Crippen LogP) is 4.47. The number of allylic oxidation sites excluding steroid dienone is 1. The molecular weight excluding hydrogens is 461 g/mol. The fourth-order valence-electron chi connectivity index (χ4n) is 3.51. The molecule has 0 radical (unpaired) electrons. The second kappa shape index (κ2) is 10.0. The summed E-state index contributed by atoms with van der Waals surface area (Å²) in [5, 5.41) is 16.4. The van der Waals surface area contributed by atoms with Crippen molar-refractivity contribution in [2.24, 2.45) is 5.10 Å². The smallest absolute Gasteiger partial charge is 0.416 e. The number of carboxylic acid groups (broad SMARTS) is 1. The summed E-state index contributed by atoms with van der Waals surface area (Å²) in [6, 6.07) is 10.3. The van der Waals surface area contributed by atoms with Crippen molar-refractivity contribution in [2.45, 2.75) is 32.0 Å². The topological polar surface area (TPSA) is 82.0 Å². The lowest BCUT2D eigenvalue weighted by atomic mass is 9.97. The van der Waals surface area contributed by atoms with Gasteiger partial charge >= 0.3 is 12.1 Å². The minimum Gasteiger partial charge on any atom is -0.478 e. The van der Waals surface area contributed by atoms with Gasteiger partial charge < -0.3 is 10.4 Å². The van der Waals surface area contributed by atoms with Gasteiger partial charge in [0, 0.05) is 37.7 Å². The first kappa shape index (κ1) is 24.9. The molecule has 0 aliphatic carbocycles. The van der Waals surface area contributed by atoms with E-state index in [0.717, 1.165) is 17.1 Å². The van der Waals surface area contributed by atoms with E-state index in [1.807, 2.05) is 0 Å². The molecule has 1 aliphatic heterocycles. The van der Waals surface area contributed by atoms with Gasteiger partial charge in [-0.15, -0.1) is 0 Å². The molecule has 0 spiro atoms. The van der Waals surface area contributed by atoms with Crippen LogP contribution >= 0.6 is 0 Å². The molecule has 0 saturated heterocycles. The number of amides is 1. The van der Waals surface area contributed by atoms with Crippen molar-refractivity contribution in [3.63, 3.8) is 0 Å². The lowest BCUT2D eigenvalue weighted by Gasteiger charge is -2.27. The molecule has 0 saturated carbocycles. The standard InChI is InChI=1S/C23H20F5N3O3/c1-31-19(20(24)25)18(21(32)29-12-13-5-7-15(8-6-13)22(33)34)11-17(30-31)10-14-3-2-4-16(9-14)23(26,27)28/h2-9,20H,10-12H2,1H3,(H,29,32)(H,33,34). The van der Waals surface area contributed by atoms with E-state index < -0.39 is 35.7 Å². The van der Waals surface area contributed by atoms with Gasteiger partial charge in [0.15, 0.2) is 0 Å². The first-order chi connectivity index (χ1) is 16.0. The van der Waals surface area contributed by atoms with Crippen molar-refractivity contribution in [1.82, 2.24) is 10.3 Å². The Morgan fingerprint density at radius 2 is 1.79 bits per heavy atom. The summed E-state index contributed by atoms with van der Waals surface area (Å²) in [5.41, 5.74) is -0.529. The number of carbonyl (C=O) groups is 2. The van der Waals surface area contributed by atoms with Gasteiger partial charge in [0.05, 0.1) is 11.1 Å². The molecule has 2 aromatic rings. The van der Waals surface area contributed by atoms with Crippen LogP contribution in [0.3, 0.4) is 0 Å². The molecule has 2 aromatic carbocycles. The van der Waals surface area contributed by atoms with Crippen LogP contribution in [0, 0.1) is 0 Å². The summed E-state index contributed by atoms with van der Waals surface area (Å²) in [6.07, 6.45) is -7.85. The van der Waals surface area contributed by atoms with E-state index in [2.05, 4.69) is 10.4 Å². The quantitative estimate of drug-likeness (QED) is 0.572. The van der Waals surface area contributed by atoms with Crippen LogP contribution in [0.5, 0.6) is 0 Å². The molecule has 0 aromatic heterocycles. The molecule has 2 N–H and O–H groups in total. The number of nitrogens with zero attached hydrogens (tertiary/aromatic N) is 2. The molecule has 6 nitrogen and oxygen atoms in total. The van der Waals surface area contributed by atoms with E-state index in [1.54, 1.807) is 0 Å². The zero-order valence-corrected chi connectivity index (χ0v) is 17.9. The minimum absolute atomic E-state index is 0.0391. The van der Waals surface area contributed by atoms with Gasteiger partial charge in [0.2, 0.25) is 5.91 Å². The zero-order chi connectivity index (χ0) is 25.0. The van der Waals surface area contributed by atoms with Crippen LogP contribution in [0.25, 0.3) is 0 Å². The first-order valence-corrected chi connectivity index (χ1v) is 10.0. The van der Waals surface area contributed by atoms with Crippen LogP contribution in [-0.2, 0) is 23.9 Å². The van der Waals surface area contributed by atoms with Crippen LogP contribution in [0.2, 0.25) is 0 Å². The van der Waals surface area contributed by atoms with Crippen molar-refractivity contribution in [1.29, 1.82) is 0 Å². The van der Waals surface area contributed by atoms with Crippen LogP contribution in [0.1, 0.15) is 33.5 Å². The molecule has 180 valence electrons. The number of hydrazone groups is 1. The molecule has 1 aliphatic rings. The average molecular weight is 481 g/mol. The third-order valence-electron chi connectivity index (χ3n) is 5.13. The maximum absolute atomic E-state index is 13.7. The number of carboxylic acids is 1. The Balaban J connectivity index is 1.76.